The van der Waals surface area contributed by atoms with Gasteiger partial charge in [0.1, 0.15) is 6.04 Å². The molecule has 1 atom stereocenters. The number of aryl methyl sites for hydroxylation is 1. The van der Waals surface area contributed by atoms with Gasteiger partial charge in [0, 0.05) is 11.9 Å². The summed E-state index contributed by atoms with van der Waals surface area (Å²) < 4.78 is 0. The molecule has 1 amide bonds. The average Bonchev–Trinajstić information content (AvgIpc) is 2.51. The van der Waals surface area contributed by atoms with Gasteiger partial charge in [-0.1, -0.05) is 0 Å². The molecule has 5 heteroatoms. The lowest BCUT2D eigenvalue weighted by atomic mass is 10.3. The molecular formula is C9H15N3OS. The van der Waals surface area contributed by atoms with Gasteiger partial charge < -0.3 is 10.6 Å². The van der Waals surface area contributed by atoms with Crippen LogP contribution in [0.1, 0.15) is 19.5 Å². The van der Waals surface area contributed by atoms with Gasteiger partial charge in [-0.2, -0.15) is 0 Å². The van der Waals surface area contributed by atoms with Crippen molar-refractivity contribution in [3.05, 3.63) is 11.1 Å². The van der Waals surface area contributed by atoms with E-state index in [0.29, 0.717) is 6.54 Å². The van der Waals surface area contributed by atoms with Gasteiger partial charge in [0.2, 0.25) is 5.91 Å². The van der Waals surface area contributed by atoms with Gasteiger partial charge in [-0.3, -0.25) is 4.79 Å². The Balaban J connectivity index is 2.48. The molecule has 0 aromatic carbocycles. The predicted octanol–water partition coefficient (Wildman–Crippen LogP) is 1.39. The molecule has 1 aromatic heterocycles. The monoisotopic (exact) mass is 213 g/mol. The Labute approximate surface area is 87.7 Å². The van der Waals surface area contributed by atoms with Crippen LogP contribution >= 0.6 is 11.3 Å². The molecule has 1 aromatic rings. The molecule has 0 saturated heterocycles. The Morgan fingerprint density at radius 3 is 2.93 bits per heavy atom. The fourth-order valence-corrected chi connectivity index (χ4v) is 1.77. The van der Waals surface area contributed by atoms with Crippen molar-refractivity contribution in [1.82, 2.24) is 10.3 Å². The van der Waals surface area contributed by atoms with E-state index in [1.54, 1.807) is 0 Å². The molecule has 1 heterocycles. The lowest BCUT2D eigenvalue weighted by Crippen LogP contribution is -2.37. The summed E-state index contributed by atoms with van der Waals surface area (Å²) in [5.41, 5.74) is 0.973. The topological polar surface area (TPSA) is 54.0 Å². The van der Waals surface area contributed by atoms with Crippen LogP contribution in [0.4, 0.5) is 5.13 Å². The van der Waals surface area contributed by atoms with Crippen molar-refractivity contribution < 1.29 is 4.79 Å². The first-order valence-electron chi connectivity index (χ1n) is 4.60. The quantitative estimate of drug-likeness (QED) is 0.794. The lowest BCUT2D eigenvalue weighted by Gasteiger charge is -2.11. The number of hydrogen-bond acceptors (Lipinski definition) is 4. The Morgan fingerprint density at radius 1 is 1.71 bits per heavy atom. The zero-order valence-electron chi connectivity index (χ0n) is 8.63. The number of aromatic nitrogens is 1. The number of carbonyl (C=O) groups excluding carboxylic acids is 1. The van der Waals surface area contributed by atoms with E-state index in [0.717, 1.165) is 10.8 Å². The minimum absolute atomic E-state index is 0.000327. The molecule has 78 valence electrons. The number of likely N-dealkylation sites (N-methyl/N-ethyl adjacent to an activating group) is 1. The molecule has 0 saturated carbocycles. The molecule has 0 radical (unpaired) electrons. The molecule has 0 aliphatic heterocycles. The van der Waals surface area contributed by atoms with Crippen LogP contribution < -0.4 is 10.6 Å². The number of rotatable bonds is 4. The Kier molecular flexibility index (Phi) is 3.88. The van der Waals surface area contributed by atoms with E-state index in [4.69, 9.17) is 0 Å². The first-order chi connectivity index (χ1) is 6.63. The highest BCUT2D eigenvalue weighted by atomic mass is 32.1. The second kappa shape index (κ2) is 4.95. The summed E-state index contributed by atoms with van der Waals surface area (Å²) in [4.78, 5) is 15.6. The van der Waals surface area contributed by atoms with Crippen molar-refractivity contribution >= 4 is 22.4 Å². The molecule has 0 spiro atoms. The van der Waals surface area contributed by atoms with E-state index in [2.05, 4.69) is 15.6 Å². The van der Waals surface area contributed by atoms with Gasteiger partial charge in [0.05, 0.1) is 5.69 Å². The third-order valence-electron chi connectivity index (χ3n) is 1.70. The standard InChI is InChI=1S/C9H15N3OS/c1-4-10-8(13)7(3)12-9-11-6(2)5-14-9/h5,7H,4H2,1-3H3,(H,10,13)(H,11,12). The zero-order chi connectivity index (χ0) is 10.6. The van der Waals surface area contributed by atoms with Crippen molar-refractivity contribution in [2.75, 3.05) is 11.9 Å². The molecule has 0 fully saturated rings. The number of nitrogens with one attached hydrogen (secondary N) is 2. The van der Waals surface area contributed by atoms with Crippen LogP contribution in [0.3, 0.4) is 0 Å². The second-order valence-electron chi connectivity index (χ2n) is 3.05. The number of carbonyl (C=O) groups is 1. The van der Waals surface area contributed by atoms with Gasteiger partial charge >= 0.3 is 0 Å². The predicted molar refractivity (Wildman–Crippen MR) is 58.6 cm³/mol. The van der Waals surface area contributed by atoms with Gasteiger partial charge in [-0.05, 0) is 20.8 Å². The highest BCUT2D eigenvalue weighted by Crippen LogP contribution is 2.15. The maximum Gasteiger partial charge on any atom is 0.242 e. The SMILES string of the molecule is CCNC(=O)C(C)Nc1nc(C)cs1. The molecular weight excluding hydrogens is 198 g/mol. The minimum atomic E-state index is -0.236. The fourth-order valence-electron chi connectivity index (χ4n) is 0.998. The average molecular weight is 213 g/mol. The summed E-state index contributed by atoms with van der Waals surface area (Å²) in [7, 11) is 0. The summed E-state index contributed by atoms with van der Waals surface area (Å²) >= 11 is 1.51. The molecule has 2 N–H and O–H groups in total. The summed E-state index contributed by atoms with van der Waals surface area (Å²) in [6.45, 7) is 6.31. The van der Waals surface area contributed by atoms with Crippen molar-refractivity contribution in [3.63, 3.8) is 0 Å². The minimum Gasteiger partial charge on any atom is -0.355 e. The van der Waals surface area contributed by atoms with E-state index >= 15 is 0 Å². The first-order valence-corrected chi connectivity index (χ1v) is 5.47. The third-order valence-corrected chi connectivity index (χ3v) is 2.59. The van der Waals surface area contributed by atoms with Gasteiger partial charge in [0.15, 0.2) is 5.13 Å². The number of thiazole rings is 1. The summed E-state index contributed by atoms with van der Waals surface area (Å²) in [6.07, 6.45) is 0. The van der Waals surface area contributed by atoms with Crippen LogP contribution in [0.5, 0.6) is 0 Å². The summed E-state index contributed by atoms with van der Waals surface area (Å²) in [5.74, 6) is 0.000327. The van der Waals surface area contributed by atoms with Crippen LogP contribution in [0.25, 0.3) is 0 Å². The zero-order valence-corrected chi connectivity index (χ0v) is 9.44. The molecule has 0 bridgehead atoms. The van der Waals surface area contributed by atoms with Gasteiger partial charge in [0.25, 0.3) is 0 Å². The Morgan fingerprint density at radius 2 is 2.43 bits per heavy atom. The molecule has 1 unspecified atom stereocenters. The van der Waals surface area contributed by atoms with Crippen LogP contribution in [0.2, 0.25) is 0 Å². The van der Waals surface area contributed by atoms with E-state index in [9.17, 15) is 4.79 Å². The summed E-state index contributed by atoms with van der Waals surface area (Å²) in [5, 5.41) is 8.53. The van der Waals surface area contributed by atoms with Crippen LogP contribution in [0.15, 0.2) is 5.38 Å². The van der Waals surface area contributed by atoms with E-state index < -0.39 is 0 Å². The largest absolute Gasteiger partial charge is 0.355 e. The highest BCUT2D eigenvalue weighted by molar-refractivity contribution is 7.13. The van der Waals surface area contributed by atoms with Crippen LogP contribution in [0, 0.1) is 6.92 Å². The lowest BCUT2D eigenvalue weighted by molar-refractivity contribution is -0.121. The number of amides is 1. The number of anilines is 1. The van der Waals surface area contributed by atoms with Crippen LogP contribution in [-0.4, -0.2) is 23.5 Å². The molecule has 4 nitrogen and oxygen atoms in total. The third kappa shape index (κ3) is 2.99. The Bertz CT molecular complexity index is 311. The second-order valence-corrected chi connectivity index (χ2v) is 3.91. The van der Waals surface area contributed by atoms with Crippen molar-refractivity contribution in [2.45, 2.75) is 26.8 Å². The number of nitrogens with zero attached hydrogens (tertiary/aromatic N) is 1. The first kappa shape index (κ1) is 11.0. The molecule has 0 aliphatic rings. The van der Waals surface area contributed by atoms with Crippen LogP contribution in [-0.2, 0) is 4.79 Å². The maximum absolute atomic E-state index is 11.4. The molecule has 0 aliphatic carbocycles. The summed E-state index contributed by atoms with van der Waals surface area (Å²) in [6, 6.07) is -0.236. The highest BCUT2D eigenvalue weighted by Gasteiger charge is 2.12. The normalized spacial score (nSPS) is 12.2. The smallest absolute Gasteiger partial charge is 0.242 e. The molecule has 14 heavy (non-hydrogen) atoms. The van der Waals surface area contributed by atoms with E-state index in [1.165, 1.54) is 11.3 Å². The van der Waals surface area contributed by atoms with Crippen molar-refractivity contribution in [1.29, 1.82) is 0 Å². The van der Waals surface area contributed by atoms with Crippen molar-refractivity contribution in [3.8, 4) is 0 Å². The van der Waals surface area contributed by atoms with Crippen molar-refractivity contribution in [2.24, 2.45) is 0 Å². The van der Waals surface area contributed by atoms with Gasteiger partial charge in [-0.15, -0.1) is 11.3 Å². The maximum atomic E-state index is 11.4. The Hall–Kier alpha value is -1.10. The van der Waals surface area contributed by atoms with E-state index in [-0.39, 0.29) is 11.9 Å². The number of hydrogen-bond donors (Lipinski definition) is 2. The molecule has 1 rings (SSSR count). The fraction of sp³-hybridized carbons (Fsp3) is 0.556. The van der Waals surface area contributed by atoms with Gasteiger partial charge in [-0.25, -0.2) is 4.98 Å². The van der Waals surface area contributed by atoms with E-state index in [1.807, 2.05) is 26.2 Å².